The van der Waals surface area contributed by atoms with Crippen LogP contribution in [0.3, 0.4) is 0 Å². The Morgan fingerprint density at radius 1 is 0.867 bits per heavy atom. The zero-order chi connectivity index (χ0) is 20.4. The van der Waals surface area contributed by atoms with Crippen molar-refractivity contribution in [3.05, 3.63) is 87.2 Å². The van der Waals surface area contributed by atoms with Gasteiger partial charge >= 0.3 is 0 Å². The molecule has 1 aliphatic rings. The van der Waals surface area contributed by atoms with E-state index in [2.05, 4.69) is 10.1 Å². The van der Waals surface area contributed by atoms with Gasteiger partial charge in [0.25, 0.3) is 11.5 Å². The van der Waals surface area contributed by atoms with E-state index in [9.17, 15) is 9.59 Å². The number of rotatable bonds is 1. The number of aromatic nitrogens is 3. The summed E-state index contributed by atoms with van der Waals surface area (Å²) in [6.45, 7) is 0. The molecule has 144 valence electrons. The largest absolute Gasteiger partial charge is 0.311 e. The summed E-state index contributed by atoms with van der Waals surface area (Å²) < 4.78 is 1.68. The van der Waals surface area contributed by atoms with Crippen molar-refractivity contribution in [1.82, 2.24) is 14.6 Å². The molecule has 0 saturated carbocycles. The lowest BCUT2D eigenvalue weighted by Crippen LogP contribution is -2.30. The fourth-order valence-electron chi connectivity index (χ4n) is 4.01. The molecule has 1 amide bonds. The Morgan fingerprint density at radius 3 is 2.47 bits per heavy atom. The Bertz CT molecular complexity index is 1610. The number of hydrogen-bond donors (Lipinski definition) is 0. The van der Waals surface area contributed by atoms with Gasteiger partial charge in [-0.1, -0.05) is 72.0 Å². The second-order valence-electron chi connectivity index (χ2n) is 7.15. The smallest absolute Gasteiger partial charge is 0.291 e. The van der Waals surface area contributed by atoms with Gasteiger partial charge in [-0.3, -0.25) is 9.59 Å². The van der Waals surface area contributed by atoms with Crippen molar-refractivity contribution < 1.29 is 4.79 Å². The molecule has 0 fully saturated rings. The molecule has 0 saturated heterocycles. The van der Waals surface area contributed by atoms with Crippen LogP contribution in [0.4, 0.5) is 5.69 Å². The van der Waals surface area contributed by atoms with Gasteiger partial charge in [-0.15, -0.1) is 5.10 Å². The molecule has 1 aliphatic heterocycles. The van der Waals surface area contributed by atoms with E-state index < -0.39 is 0 Å². The van der Waals surface area contributed by atoms with Gasteiger partial charge < -0.3 is 4.90 Å². The van der Waals surface area contributed by atoms with Crippen molar-refractivity contribution in [2.24, 2.45) is 0 Å². The number of carbonyl (C=O) groups is 1. The Morgan fingerprint density at radius 2 is 1.60 bits per heavy atom. The maximum Gasteiger partial charge on any atom is 0.291 e. The summed E-state index contributed by atoms with van der Waals surface area (Å²) >= 11 is 1.20. The summed E-state index contributed by atoms with van der Waals surface area (Å²) in [5.74, 6) is 0.314. The van der Waals surface area contributed by atoms with Crippen LogP contribution in [0, 0.1) is 0 Å². The van der Waals surface area contributed by atoms with E-state index in [4.69, 9.17) is 0 Å². The monoisotopic (exact) mass is 410 g/mol. The minimum atomic E-state index is -0.317. The average Bonchev–Trinajstić information content (AvgIpc) is 3.40. The zero-order valence-electron chi connectivity index (χ0n) is 15.9. The first-order valence-electron chi connectivity index (χ1n) is 9.43. The van der Waals surface area contributed by atoms with Crippen molar-refractivity contribution in [2.45, 2.75) is 0 Å². The minimum Gasteiger partial charge on any atom is -0.311 e. The molecule has 0 spiro atoms. The van der Waals surface area contributed by atoms with Crippen molar-refractivity contribution in [3.8, 4) is 11.4 Å². The van der Waals surface area contributed by atoms with Crippen LogP contribution in [0.1, 0.15) is 5.56 Å². The highest BCUT2D eigenvalue weighted by atomic mass is 32.1. The molecule has 0 unspecified atom stereocenters. The van der Waals surface area contributed by atoms with Crippen LogP contribution in [-0.4, -0.2) is 27.6 Å². The van der Waals surface area contributed by atoms with Crippen LogP contribution in [0.5, 0.6) is 0 Å². The van der Waals surface area contributed by atoms with Gasteiger partial charge in [0.2, 0.25) is 4.96 Å². The van der Waals surface area contributed by atoms with Crippen LogP contribution in [0.25, 0.3) is 32.7 Å². The third kappa shape index (κ3) is 2.23. The van der Waals surface area contributed by atoms with Gasteiger partial charge in [-0.2, -0.15) is 9.50 Å². The summed E-state index contributed by atoms with van der Waals surface area (Å²) in [5, 5.41) is 6.61. The molecule has 30 heavy (non-hydrogen) atoms. The van der Waals surface area contributed by atoms with E-state index in [1.54, 1.807) is 11.9 Å². The minimum absolute atomic E-state index is 0.188. The first-order chi connectivity index (χ1) is 14.6. The Hall–Kier alpha value is -3.84. The number of nitrogens with zero attached hydrogens (tertiary/aromatic N) is 4. The van der Waals surface area contributed by atoms with Gasteiger partial charge in [0, 0.05) is 18.2 Å². The maximum absolute atomic E-state index is 13.2. The quantitative estimate of drug-likeness (QED) is 0.426. The molecule has 0 aliphatic carbocycles. The fourth-order valence-corrected chi connectivity index (χ4v) is 5.01. The van der Waals surface area contributed by atoms with Gasteiger partial charge in [-0.25, -0.2) is 0 Å². The van der Waals surface area contributed by atoms with Crippen LogP contribution in [0.15, 0.2) is 71.5 Å². The molecule has 5 aromatic rings. The number of benzene rings is 3. The lowest BCUT2D eigenvalue weighted by molar-refractivity contribution is -0.112. The average molecular weight is 410 g/mol. The number of hydrogen-bond acceptors (Lipinski definition) is 5. The van der Waals surface area contributed by atoms with Crippen LogP contribution < -0.4 is 15.0 Å². The molecule has 2 aromatic heterocycles. The predicted molar refractivity (Wildman–Crippen MR) is 118 cm³/mol. The van der Waals surface area contributed by atoms with E-state index in [-0.39, 0.29) is 11.5 Å². The Kier molecular flexibility index (Phi) is 3.45. The van der Waals surface area contributed by atoms with Crippen molar-refractivity contribution in [1.29, 1.82) is 0 Å². The summed E-state index contributed by atoms with van der Waals surface area (Å²) in [5.41, 5.74) is 2.54. The number of thiazole rings is 1. The summed E-state index contributed by atoms with van der Waals surface area (Å²) in [7, 11) is 1.72. The van der Waals surface area contributed by atoms with Gasteiger partial charge in [0.05, 0.1) is 11.3 Å². The second-order valence-corrected chi connectivity index (χ2v) is 8.13. The highest BCUT2D eigenvalue weighted by Gasteiger charge is 2.31. The first-order valence-corrected chi connectivity index (χ1v) is 10.2. The summed E-state index contributed by atoms with van der Waals surface area (Å²) in [6, 6.07) is 21.4. The SMILES string of the molecule is CN1C(=O)C(=c2sc3nc(-c4cccc5ccccc45)nn3c2=O)c2ccccc21. The molecular formula is C23H14N4O2S. The van der Waals surface area contributed by atoms with Gasteiger partial charge in [-0.05, 0) is 16.8 Å². The molecular weight excluding hydrogens is 396 g/mol. The van der Waals surface area contributed by atoms with Crippen molar-refractivity contribution in [2.75, 3.05) is 11.9 Å². The van der Waals surface area contributed by atoms with E-state index in [0.717, 1.165) is 27.6 Å². The summed E-state index contributed by atoms with van der Waals surface area (Å²) in [6.07, 6.45) is 0. The van der Waals surface area contributed by atoms with Crippen LogP contribution in [-0.2, 0) is 4.79 Å². The molecule has 6 rings (SSSR count). The van der Waals surface area contributed by atoms with E-state index >= 15 is 0 Å². The van der Waals surface area contributed by atoms with E-state index in [0.29, 0.717) is 20.9 Å². The maximum atomic E-state index is 13.2. The number of carbonyl (C=O) groups excluding carboxylic acids is 1. The fraction of sp³-hybridized carbons (Fsp3) is 0.0435. The number of likely N-dealkylation sites (N-methyl/N-ethyl adjacent to an activating group) is 1. The third-order valence-electron chi connectivity index (χ3n) is 5.47. The Balaban J connectivity index is 1.60. The van der Waals surface area contributed by atoms with Crippen LogP contribution >= 0.6 is 11.3 Å². The van der Waals surface area contributed by atoms with Crippen molar-refractivity contribution in [3.63, 3.8) is 0 Å². The third-order valence-corrected chi connectivity index (χ3v) is 6.50. The predicted octanol–water partition coefficient (Wildman–Crippen LogP) is 2.87. The number of amides is 1. The van der Waals surface area contributed by atoms with E-state index in [1.165, 1.54) is 15.9 Å². The highest BCUT2D eigenvalue weighted by Crippen LogP contribution is 2.34. The highest BCUT2D eigenvalue weighted by molar-refractivity contribution is 7.15. The number of para-hydroxylation sites is 1. The summed E-state index contributed by atoms with van der Waals surface area (Å²) in [4.78, 5) is 32.7. The molecule has 0 radical (unpaired) electrons. The Labute approximate surface area is 174 Å². The molecule has 0 bridgehead atoms. The lowest BCUT2D eigenvalue weighted by Gasteiger charge is -2.07. The molecule has 7 heteroatoms. The zero-order valence-corrected chi connectivity index (χ0v) is 16.7. The second kappa shape index (κ2) is 6.08. The molecule has 0 atom stereocenters. The molecule has 0 N–H and O–H groups in total. The van der Waals surface area contributed by atoms with Gasteiger partial charge in [0.15, 0.2) is 5.82 Å². The first kappa shape index (κ1) is 17.1. The van der Waals surface area contributed by atoms with Crippen molar-refractivity contribution >= 4 is 44.2 Å². The molecule has 6 nitrogen and oxygen atoms in total. The molecule has 3 heterocycles. The lowest BCUT2D eigenvalue weighted by atomic mass is 10.0. The number of fused-ring (bicyclic) bond motifs is 3. The van der Waals surface area contributed by atoms with E-state index in [1.807, 2.05) is 66.7 Å². The topological polar surface area (TPSA) is 67.6 Å². The standard InChI is InChI=1S/C23H14N4O2S/c1-26-17-12-5-4-10-16(17)18(21(26)28)19-22(29)27-23(30-19)24-20(25-27)15-11-6-8-13-7-2-3-9-14(13)15/h2-12H,1H3. The number of anilines is 1. The van der Waals surface area contributed by atoms with Gasteiger partial charge in [0.1, 0.15) is 4.53 Å². The van der Waals surface area contributed by atoms with Crippen LogP contribution in [0.2, 0.25) is 0 Å². The molecule has 3 aromatic carbocycles. The normalized spacial score (nSPS) is 15.4.